The van der Waals surface area contributed by atoms with Crippen LogP contribution in [-0.4, -0.2) is 57.4 Å². The van der Waals surface area contributed by atoms with Gasteiger partial charge >= 0.3 is 12.0 Å². The number of nitrogens with one attached hydrogen (secondary N) is 1. The lowest BCUT2D eigenvalue weighted by Gasteiger charge is -2.24. The second-order valence-corrected chi connectivity index (χ2v) is 5.18. The van der Waals surface area contributed by atoms with Crippen LogP contribution in [-0.2, 0) is 15.6 Å². The van der Waals surface area contributed by atoms with Crippen molar-refractivity contribution in [2.45, 2.75) is 19.9 Å². The summed E-state index contributed by atoms with van der Waals surface area (Å²) in [5.41, 5.74) is 0. The molecule has 2 N–H and O–H groups in total. The number of hydrogen-bond acceptors (Lipinski definition) is 3. The van der Waals surface area contributed by atoms with E-state index < -0.39 is 22.8 Å². The Kier molecular flexibility index (Phi) is 6.71. The number of carboxylic acid groups (broad SMARTS) is 1. The number of amides is 2. The minimum atomic E-state index is -1.05. The Morgan fingerprint density at radius 3 is 2.38 bits per heavy atom. The molecule has 7 heteroatoms. The van der Waals surface area contributed by atoms with Crippen molar-refractivity contribution in [3.8, 4) is 0 Å². The molecule has 0 rings (SSSR count). The molecule has 1 atom stereocenters. The summed E-state index contributed by atoms with van der Waals surface area (Å²) in [6.45, 7) is 3.42. The number of nitrogens with zero attached hydrogens (tertiary/aromatic N) is 1. The number of carbonyl (C=O) groups excluding carboxylic acids is 1. The first-order valence-electron chi connectivity index (χ1n) is 4.91. The first-order chi connectivity index (χ1) is 7.34. The maximum Gasteiger partial charge on any atom is 0.323 e. The van der Waals surface area contributed by atoms with Crippen LogP contribution in [0.4, 0.5) is 4.79 Å². The average Bonchev–Trinajstić information content (AvgIpc) is 2.12. The van der Waals surface area contributed by atoms with E-state index in [0.717, 1.165) is 0 Å². The van der Waals surface area contributed by atoms with Crippen LogP contribution in [0.5, 0.6) is 0 Å². The molecule has 0 radical (unpaired) electrons. The predicted molar refractivity (Wildman–Crippen MR) is 61.8 cm³/mol. The fourth-order valence-electron chi connectivity index (χ4n) is 1.04. The van der Waals surface area contributed by atoms with E-state index in [2.05, 4.69) is 5.32 Å². The second-order valence-electron chi connectivity index (χ2n) is 3.62. The van der Waals surface area contributed by atoms with Crippen LogP contribution in [0, 0.1) is 0 Å². The summed E-state index contributed by atoms with van der Waals surface area (Å²) in [6.07, 6.45) is 1.55. The van der Waals surface area contributed by atoms with Crippen molar-refractivity contribution in [2.75, 3.05) is 25.1 Å². The highest BCUT2D eigenvalue weighted by atomic mass is 32.2. The van der Waals surface area contributed by atoms with Crippen LogP contribution in [0.3, 0.4) is 0 Å². The molecule has 0 spiro atoms. The van der Waals surface area contributed by atoms with Crippen LogP contribution in [0.15, 0.2) is 0 Å². The maximum atomic E-state index is 11.6. The molecule has 0 bridgehead atoms. The Hall–Kier alpha value is -1.11. The number of carboxylic acids is 1. The third-order valence-corrected chi connectivity index (χ3v) is 2.63. The van der Waals surface area contributed by atoms with Crippen molar-refractivity contribution in [1.82, 2.24) is 10.2 Å². The molecule has 94 valence electrons. The number of carbonyl (C=O) groups is 2. The molecule has 0 aromatic carbocycles. The summed E-state index contributed by atoms with van der Waals surface area (Å²) in [7, 11) is -0.966. The van der Waals surface area contributed by atoms with Gasteiger partial charge in [0.2, 0.25) is 0 Å². The third-order valence-electron chi connectivity index (χ3n) is 1.86. The average molecular weight is 250 g/mol. The Morgan fingerprint density at radius 1 is 1.44 bits per heavy atom. The lowest BCUT2D eigenvalue weighted by molar-refractivity contribution is -0.138. The largest absolute Gasteiger partial charge is 0.480 e. The zero-order valence-corrected chi connectivity index (χ0v) is 10.5. The van der Waals surface area contributed by atoms with E-state index in [4.69, 9.17) is 5.11 Å². The van der Waals surface area contributed by atoms with E-state index in [1.54, 1.807) is 20.1 Å². The van der Waals surface area contributed by atoms with Gasteiger partial charge in [-0.05, 0) is 13.8 Å². The van der Waals surface area contributed by atoms with Crippen LogP contribution in [0.25, 0.3) is 0 Å². The van der Waals surface area contributed by atoms with Crippen molar-refractivity contribution in [3.63, 3.8) is 0 Å². The first-order valence-corrected chi connectivity index (χ1v) is 6.63. The molecule has 2 amide bonds. The van der Waals surface area contributed by atoms with E-state index in [-0.39, 0.29) is 19.1 Å². The van der Waals surface area contributed by atoms with Crippen LogP contribution < -0.4 is 5.32 Å². The highest BCUT2D eigenvalue weighted by Crippen LogP contribution is 1.98. The summed E-state index contributed by atoms with van der Waals surface area (Å²) < 4.78 is 10.8. The molecular weight excluding hydrogens is 232 g/mol. The van der Waals surface area contributed by atoms with Gasteiger partial charge in [-0.1, -0.05) is 0 Å². The van der Waals surface area contributed by atoms with E-state index in [0.29, 0.717) is 5.75 Å². The molecule has 0 aliphatic rings. The number of urea groups is 1. The van der Waals surface area contributed by atoms with Crippen molar-refractivity contribution < 1.29 is 18.9 Å². The van der Waals surface area contributed by atoms with Gasteiger partial charge in [-0.3, -0.25) is 9.00 Å². The number of hydrogen-bond donors (Lipinski definition) is 2. The summed E-state index contributed by atoms with van der Waals surface area (Å²) in [5.74, 6) is -0.687. The van der Waals surface area contributed by atoms with Gasteiger partial charge < -0.3 is 15.3 Å². The van der Waals surface area contributed by atoms with Gasteiger partial charge in [0.15, 0.2) is 0 Å². The molecule has 0 aliphatic carbocycles. The summed E-state index contributed by atoms with van der Waals surface area (Å²) in [5, 5.41) is 11.2. The highest BCUT2D eigenvalue weighted by molar-refractivity contribution is 7.84. The SMILES string of the molecule is CC(C)N(CC(=O)O)C(=O)NCCS(C)=O. The zero-order chi connectivity index (χ0) is 12.7. The highest BCUT2D eigenvalue weighted by Gasteiger charge is 2.19. The molecular formula is C9H18N2O4S. The fourth-order valence-corrected chi connectivity index (χ4v) is 1.43. The minimum absolute atomic E-state index is 0.191. The standard InChI is InChI=1S/C9H18N2O4S/c1-7(2)11(6-8(12)13)9(14)10-4-5-16(3)15/h7H,4-6H2,1-3H3,(H,10,14)(H,12,13). The normalized spacial score (nSPS) is 12.2. The quantitative estimate of drug-likeness (QED) is 0.687. The smallest absolute Gasteiger partial charge is 0.323 e. The maximum absolute atomic E-state index is 11.6. The zero-order valence-electron chi connectivity index (χ0n) is 9.73. The Morgan fingerprint density at radius 2 is 2.00 bits per heavy atom. The van der Waals surface area contributed by atoms with E-state index in [1.807, 2.05) is 0 Å². The number of aliphatic carboxylic acids is 1. The molecule has 0 fully saturated rings. The summed E-state index contributed by atoms with van der Waals surface area (Å²) in [4.78, 5) is 23.3. The van der Waals surface area contributed by atoms with Crippen LogP contribution in [0.2, 0.25) is 0 Å². The van der Waals surface area contributed by atoms with Gasteiger partial charge in [0.1, 0.15) is 6.54 Å². The molecule has 0 aromatic heterocycles. The lowest BCUT2D eigenvalue weighted by Crippen LogP contribution is -2.47. The molecule has 0 saturated heterocycles. The predicted octanol–water partition coefficient (Wildman–Crippen LogP) is -0.130. The summed E-state index contributed by atoms with van der Waals surface area (Å²) in [6, 6.07) is -0.633. The first kappa shape index (κ1) is 14.9. The van der Waals surface area contributed by atoms with Crippen LogP contribution >= 0.6 is 0 Å². The van der Waals surface area contributed by atoms with Crippen LogP contribution in [0.1, 0.15) is 13.8 Å². The molecule has 1 unspecified atom stereocenters. The minimum Gasteiger partial charge on any atom is -0.480 e. The molecule has 0 heterocycles. The van der Waals surface area contributed by atoms with Crippen molar-refractivity contribution in [1.29, 1.82) is 0 Å². The second kappa shape index (κ2) is 7.21. The molecule has 16 heavy (non-hydrogen) atoms. The van der Waals surface area contributed by atoms with E-state index in [9.17, 15) is 13.8 Å². The van der Waals surface area contributed by atoms with Gasteiger partial charge in [-0.2, -0.15) is 0 Å². The third kappa shape index (κ3) is 6.39. The molecule has 0 saturated carbocycles. The van der Waals surface area contributed by atoms with Gasteiger partial charge in [0, 0.05) is 35.4 Å². The fraction of sp³-hybridized carbons (Fsp3) is 0.778. The lowest BCUT2D eigenvalue weighted by atomic mass is 10.3. The van der Waals surface area contributed by atoms with Crippen molar-refractivity contribution in [2.24, 2.45) is 0 Å². The van der Waals surface area contributed by atoms with Gasteiger partial charge in [-0.15, -0.1) is 0 Å². The Balaban J connectivity index is 4.17. The van der Waals surface area contributed by atoms with Gasteiger partial charge in [-0.25, -0.2) is 4.79 Å². The molecule has 0 aliphatic heterocycles. The summed E-state index contributed by atoms with van der Waals surface area (Å²) >= 11 is 0. The van der Waals surface area contributed by atoms with Gasteiger partial charge in [0.25, 0.3) is 0 Å². The molecule has 6 nitrogen and oxygen atoms in total. The monoisotopic (exact) mass is 250 g/mol. The molecule has 0 aromatic rings. The topological polar surface area (TPSA) is 86.7 Å². The Labute approximate surface area is 97.5 Å². The van der Waals surface area contributed by atoms with Gasteiger partial charge in [0.05, 0.1) is 0 Å². The van der Waals surface area contributed by atoms with Crippen molar-refractivity contribution >= 4 is 22.8 Å². The van der Waals surface area contributed by atoms with Crippen molar-refractivity contribution in [3.05, 3.63) is 0 Å². The number of rotatable bonds is 6. The van der Waals surface area contributed by atoms with E-state index in [1.165, 1.54) is 4.90 Å². The van der Waals surface area contributed by atoms with E-state index >= 15 is 0 Å². The Bertz CT molecular complexity index is 281.